The first-order valence-electron chi connectivity index (χ1n) is 22.1. The molecule has 4 radical (unpaired) electrons. The van der Waals surface area contributed by atoms with Gasteiger partial charge in [0.1, 0.15) is 6.29 Å². The van der Waals surface area contributed by atoms with Gasteiger partial charge in [0, 0.05) is 144 Å². The minimum absolute atomic E-state index is 0. The molecule has 4 nitrogen and oxygen atoms in total. The number of aliphatic hydroxyl groups excluding tert-OH is 2. The fraction of sp³-hybridized carbons (Fsp3) is 0.720. The third-order valence-corrected chi connectivity index (χ3v) is 16.1. The van der Waals surface area contributed by atoms with E-state index in [1.807, 2.05) is 0 Å². The Kier molecular flexibility index (Phi) is 26.8. The van der Waals surface area contributed by atoms with Crippen LogP contribution in [0.5, 0.6) is 0 Å². The van der Waals surface area contributed by atoms with Crippen molar-refractivity contribution in [1.82, 2.24) is 0 Å². The van der Waals surface area contributed by atoms with Gasteiger partial charge in [-0.05, 0) is 183 Å². The summed E-state index contributed by atoms with van der Waals surface area (Å²) < 4.78 is 0. The molecule has 0 aromatic heterocycles. The molecule has 2 N–H and O–H groups in total. The zero-order valence-corrected chi connectivity index (χ0v) is 48.7. The second-order valence-corrected chi connectivity index (χ2v) is 19.5. The predicted molar refractivity (Wildman–Crippen MR) is 224 cm³/mol. The molecule has 0 aromatic carbocycles. The van der Waals surface area contributed by atoms with Crippen molar-refractivity contribution in [3.8, 4) is 6.07 Å². The summed E-state index contributed by atoms with van der Waals surface area (Å²) in [6.07, 6.45) is 29.5. The SMILES string of the molecule is C=C1/C(=C\C=C2/CCC[C@]3(C)C([C@H](C)CCC#N)CC[C@@H]23)C[C@@H](O)C[C@@H]1C.C=C1/C(=C\C=C2/CCC[C@]3(C)C([C@H](C)CCC=O)CC[C@@H]23)C[C@@H](O)C[C@@H]1C.[Y].[Y].[Y].[Y]. The van der Waals surface area contributed by atoms with Gasteiger partial charge in [0.25, 0.3) is 0 Å². The standard InChI is InChI=1S/C25H37NO.C25H38O2.4Y/c2*1-17(7-6-14-26)23-11-12-24-20(8-5-13-25(23,24)4)9-10-21-16-22(27)15-18(2)19(21)3;;;;/h9-10,17-18,22-24,27H,3,5-8,11-13,15-16H2,1-2,4H3;9-10,14,17-18,22-24,27H,3,5-8,11-13,15-16H2,1-2,4H3;;;;/b2*20-9+,21-10-;;;;/t2*17-,18+,22+,23?,24+,25-;;;;/m11..../s1. The Morgan fingerprint density at radius 3 is 1.53 bits per heavy atom. The van der Waals surface area contributed by atoms with Gasteiger partial charge in [-0.15, -0.1) is 0 Å². The molecule has 0 saturated heterocycles. The van der Waals surface area contributed by atoms with Crippen molar-refractivity contribution in [2.45, 2.75) is 169 Å². The molecule has 6 fully saturated rings. The molecule has 0 bridgehead atoms. The smallest absolute Gasteiger partial charge is 0.120 e. The first-order valence-corrected chi connectivity index (χ1v) is 22.1. The van der Waals surface area contributed by atoms with E-state index in [-0.39, 0.29) is 143 Å². The molecule has 6 aliphatic carbocycles. The molecular weight excluding hydrogens is 1020 g/mol. The predicted octanol–water partition coefficient (Wildman–Crippen LogP) is 12.4. The van der Waals surface area contributed by atoms with Crippen LogP contribution in [0.4, 0.5) is 0 Å². The molecule has 2 unspecified atom stereocenters. The van der Waals surface area contributed by atoms with Gasteiger partial charge >= 0.3 is 0 Å². The molecule has 6 saturated carbocycles. The maximum atomic E-state index is 10.8. The quantitative estimate of drug-likeness (QED) is 0.226. The fourth-order valence-electron chi connectivity index (χ4n) is 12.9. The second kappa shape index (κ2) is 26.8. The van der Waals surface area contributed by atoms with E-state index in [1.165, 1.54) is 86.5 Å². The van der Waals surface area contributed by atoms with Gasteiger partial charge in [-0.2, -0.15) is 5.26 Å². The minimum atomic E-state index is -0.221. The number of hydrogen-bond donors (Lipinski definition) is 2. The number of allylic oxidation sites excluding steroid dienone is 8. The summed E-state index contributed by atoms with van der Waals surface area (Å²) in [7, 11) is 0. The number of carbonyl (C=O) groups excluding carboxylic acids is 1. The van der Waals surface area contributed by atoms with Crippen LogP contribution < -0.4 is 0 Å². The Hall–Kier alpha value is 1.94. The van der Waals surface area contributed by atoms with Gasteiger partial charge in [-0.25, -0.2) is 0 Å². The third kappa shape index (κ3) is 14.0. The first-order chi connectivity index (χ1) is 25.7. The largest absolute Gasteiger partial charge is 0.393 e. The molecule has 310 valence electrons. The van der Waals surface area contributed by atoms with Crippen molar-refractivity contribution < 1.29 is 146 Å². The molecule has 0 aliphatic heterocycles. The molecule has 6 aliphatic rings. The van der Waals surface area contributed by atoms with Crippen molar-refractivity contribution in [3.05, 3.63) is 70.9 Å². The van der Waals surface area contributed by atoms with Gasteiger partial charge < -0.3 is 15.0 Å². The van der Waals surface area contributed by atoms with Crippen LogP contribution in [0.3, 0.4) is 0 Å². The molecule has 0 aromatic rings. The van der Waals surface area contributed by atoms with Crippen molar-refractivity contribution in [2.24, 2.45) is 58.2 Å². The summed E-state index contributed by atoms with van der Waals surface area (Å²) >= 11 is 0. The van der Waals surface area contributed by atoms with E-state index in [0.29, 0.717) is 59.2 Å². The number of rotatable bonds is 9. The minimum Gasteiger partial charge on any atom is -0.393 e. The Morgan fingerprint density at radius 1 is 0.724 bits per heavy atom. The van der Waals surface area contributed by atoms with Gasteiger partial charge in [-0.1, -0.05) is 90.2 Å². The van der Waals surface area contributed by atoms with Crippen LogP contribution in [-0.4, -0.2) is 28.7 Å². The average molecular weight is 1090 g/mol. The van der Waals surface area contributed by atoms with Crippen molar-refractivity contribution >= 4 is 6.29 Å². The van der Waals surface area contributed by atoms with E-state index in [0.717, 1.165) is 56.6 Å². The molecule has 6 rings (SSSR count). The van der Waals surface area contributed by atoms with E-state index in [1.54, 1.807) is 11.1 Å². The molecule has 8 heteroatoms. The molecule has 58 heavy (non-hydrogen) atoms. The van der Waals surface area contributed by atoms with Crippen molar-refractivity contribution in [2.75, 3.05) is 0 Å². The zero-order chi connectivity index (χ0) is 39.2. The third-order valence-electron chi connectivity index (χ3n) is 16.1. The topological polar surface area (TPSA) is 81.3 Å². The van der Waals surface area contributed by atoms with Crippen LogP contribution >= 0.6 is 0 Å². The van der Waals surface area contributed by atoms with Crippen LogP contribution in [0.2, 0.25) is 0 Å². The Labute approximate surface area is 455 Å². The summed E-state index contributed by atoms with van der Waals surface area (Å²) in [6.45, 7) is 22.7. The van der Waals surface area contributed by atoms with E-state index in [4.69, 9.17) is 5.26 Å². The van der Waals surface area contributed by atoms with Gasteiger partial charge in [-0.3, -0.25) is 0 Å². The molecule has 0 spiro atoms. The maximum absolute atomic E-state index is 10.8. The number of aliphatic hydroxyl groups is 2. The van der Waals surface area contributed by atoms with E-state index >= 15 is 0 Å². The summed E-state index contributed by atoms with van der Waals surface area (Å²) in [5.74, 6) is 4.91. The number of hydrogen-bond acceptors (Lipinski definition) is 4. The number of aldehydes is 1. The summed E-state index contributed by atoms with van der Waals surface area (Å²) in [5, 5.41) is 29.2. The monoisotopic (exact) mass is 1090 g/mol. The van der Waals surface area contributed by atoms with Gasteiger partial charge in [0.2, 0.25) is 0 Å². The molecule has 0 amide bonds. The number of fused-ring (bicyclic) bond motifs is 2. The summed E-state index contributed by atoms with van der Waals surface area (Å²) in [6, 6.07) is 2.34. The van der Waals surface area contributed by atoms with Crippen molar-refractivity contribution in [1.29, 1.82) is 5.26 Å². The normalized spacial score (nSPS) is 38.1. The number of carbonyl (C=O) groups is 1. The van der Waals surface area contributed by atoms with E-state index in [9.17, 15) is 15.0 Å². The molecule has 0 heterocycles. The summed E-state index contributed by atoms with van der Waals surface area (Å²) in [4.78, 5) is 10.8. The van der Waals surface area contributed by atoms with E-state index < -0.39 is 0 Å². The van der Waals surface area contributed by atoms with Crippen molar-refractivity contribution in [3.63, 3.8) is 0 Å². The Balaban J connectivity index is 0.000000543. The van der Waals surface area contributed by atoms with E-state index in [2.05, 4.69) is 85.1 Å². The van der Waals surface area contributed by atoms with Crippen LogP contribution in [0, 0.1) is 69.5 Å². The maximum Gasteiger partial charge on any atom is 0.120 e. The average Bonchev–Trinajstić information content (AvgIpc) is 3.68. The van der Waals surface area contributed by atoms with Crippen LogP contribution in [0.15, 0.2) is 70.9 Å². The molecule has 12 atom stereocenters. The van der Waals surface area contributed by atoms with Crippen LogP contribution in [0.25, 0.3) is 0 Å². The Morgan fingerprint density at radius 2 is 1.14 bits per heavy atom. The zero-order valence-electron chi connectivity index (χ0n) is 37.4. The van der Waals surface area contributed by atoms with Crippen LogP contribution in [-0.2, 0) is 136 Å². The Bertz CT molecular complexity index is 1540. The fourth-order valence-corrected chi connectivity index (χ4v) is 12.9. The van der Waals surface area contributed by atoms with Gasteiger partial charge in [0.05, 0.1) is 18.3 Å². The summed E-state index contributed by atoms with van der Waals surface area (Å²) in [5.41, 5.74) is 8.93. The van der Waals surface area contributed by atoms with Gasteiger partial charge in [0.15, 0.2) is 0 Å². The first kappa shape index (κ1) is 58.0. The van der Waals surface area contributed by atoms with Crippen LogP contribution in [0.1, 0.15) is 157 Å². The molecular formula is C50H75NO3Y4. The number of nitriles is 1. The number of nitrogens with zero attached hydrogens (tertiary/aromatic N) is 1. The second-order valence-electron chi connectivity index (χ2n) is 19.5.